The van der Waals surface area contributed by atoms with Crippen molar-refractivity contribution < 1.29 is 19.1 Å². The maximum absolute atomic E-state index is 12.5. The van der Waals surface area contributed by atoms with Gasteiger partial charge in [0.05, 0.1) is 26.2 Å². The van der Waals surface area contributed by atoms with E-state index in [0.717, 1.165) is 5.56 Å². The van der Waals surface area contributed by atoms with Crippen LogP contribution >= 0.6 is 0 Å². The number of nitrogens with zero attached hydrogens (tertiary/aromatic N) is 1. The number of hydrogen-bond donors (Lipinski definition) is 1. The normalized spacial score (nSPS) is 18.4. The molecule has 1 aliphatic heterocycles. The largest absolute Gasteiger partial charge is 0.469 e. The highest BCUT2D eigenvalue weighted by Crippen LogP contribution is 2.17. The molecule has 1 aromatic carbocycles. The van der Waals surface area contributed by atoms with Crippen LogP contribution in [0, 0.1) is 6.92 Å². The average Bonchev–Trinajstić information content (AvgIpc) is 2.49. The van der Waals surface area contributed by atoms with Gasteiger partial charge in [0.25, 0.3) is 5.91 Å². The zero-order valence-electron chi connectivity index (χ0n) is 12.3. The molecule has 0 spiro atoms. The minimum absolute atomic E-state index is 0.0729. The van der Waals surface area contributed by atoms with Gasteiger partial charge in [-0.1, -0.05) is 0 Å². The zero-order chi connectivity index (χ0) is 15.4. The van der Waals surface area contributed by atoms with Crippen molar-refractivity contribution in [3.05, 3.63) is 29.3 Å². The molecule has 2 N–H and O–H groups in total. The summed E-state index contributed by atoms with van der Waals surface area (Å²) in [4.78, 5) is 25.5. The number of nitrogens with two attached hydrogens (primary N) is 1. The summed E-state index contributed by atoms with van der Waals surface area (Å²) in [6, 6.07) is 5.23. The molecule has 6 heteroatoms. The van der Waals surface area contributed by atoms with E-state index in [1.807, 2.05) is 6.92 Å². The van der Waals surface area contributed by atoms with Crippen molar-refractivity contribution in [2.45, 2.75) is 19.4 Å². The van der Waals surface area contributed by atoms with E-state index in [0.29, 0.717) is 30.9 Å². The van der Waals surface area contributed by atoms with Crippen molar-refractivity contribution in [1.82, 2.24) is 4.90 Å². The summed E-state index contributed by atoms with van der Waals surface area (Å²) < 4.78 is 10.1. The van der Waals surface area contributed by atoms with Gasteiger partial charge in [0, 0.05) is 24.3 Å². The van der Waals surface area contributed by atoms with Crippen molar-refractivity contribution >= 4 is 17.6 Å². The summed E-state index contributed by atoms with van der Waals surface area (Å²) in [7, 11) is 1.34. The first-order valence-corrected chi connectivity index (χ1v) is 6.85. The Labute approximate surface area is 123 Å². The molecule has 0 aliphatic carbocycles. The van der Waals surface area contributed by atoms with Crippen LogP contribution in [0.25, 0.3) is 0 Å². The molecule has 2 rings (SSSR count). The van der Waals surface area contributed by atoms with Crippen LogP contribution in [0.3, 0.4) is 0 Å². The number of methoxy groups -OCH3 is 1. The van der Waals surface area contributed by atoms with E-state index >= 15 is 0 Å². The lowest BCUT2D eigenvalue weighted by Gasteiger charge is -2.32. The molecule has 114 valence electrons. The third-order valence-electron chi connectivity index (χ3n) is 3.56. The molecule has 21 heavy (non-hydrogen) atoms. The Kier molecular flexibility index (Phi) is 4.80. The predicted molar refractivity (Wildman–Crippen MR) is 77.9 cm³/mol. The molecule has 6 nitrogen and oxygen atoms in total. The minimum atomic E-state index is -0.336. The topological polar surface area (TPSA) is 81.9 Å². The molecule has 1 atom stereocenters. The summed E-state index contributed by atoms with van der Waals surface area (Å²) in [6.07, 6.45) is -0.161. The van der Waals surface area contributed by atoms with E-state index in [1.54, 1.807) is 23.1 Å². The fraction of sp³-hybridized carbons (Fsp3) is 0.467. The van der Waals surface area contributed by atoms with E-state index in [2.05, 4.69) is 4.74 Å². The number of carbonyl (C=O) groups excluding carboxylic acids is 2. The van der Waals surface area contributed by atoms with Gasteiger partial charge >= 0.3 is 5.97 Å². The van der Waals surface area contributed by atoms with E-state index in [1.165, 1.54) is 7.11 Å². The molecule has 0 bridgehead atoms. The van der Waals surface area contributed by atoms with E-state index in [9.17, 15) is 9.59 Å². The van der Waals surface area contributed by atoms with Crippen molar-refractivity contribution in [2.75, 3.05) is 32.5 Å². The van der Waals surface area contributed by atoms with Gasteiger partial charge in [0.2, 0.25) is 0 Å². The van der Waals surface area contributed by atoms with E-state index < -0.39 is 0 Å². The first kappa shape index (κ1) is 15.3. The second-order valence-electron chi connectivity index (χ2n) is 5.10. The lowest BCUT2D eigenvalue weighted by atomic mass is 10.1. The third-order valence-corrected chi connectivity index (χ3v) is 3.56. The Morgan fingerprint density at radius 3 is 2.90 bits per heavy atom. The van der Waals surface area contributed by atoms with Crippen LogP contribution in [0.5, 0.6) is 0 Å². The number of benzene rings is 1. The monoisotopic (exact) mass is 292 g/mol. The highest BCUT2D eigenvalue weighted by atomic mass is 16.5. The SMILES string of the molecule is COC(=O)CC1CN(C(=O)c2ccc(N)c(C)c2)CCO1. The van der Waals surface area contributed by atoms with Gasteiger partial charge in [-0.15, -0.1) is 0 Å². The zero-order valence-corrected chi connectivity index (χ0v) is 12.3. The maximum atomic E-state index is 12.5. The third kappa shape index (κ3) is 3.72. The second kappa shape index (κ2) is 6.58. The molecule has 1 unspecified atom stereocenters. The lowest BCUT2D eigenvalue weighted by molar-refractivity contribution is -0.145. The summed E-state index contributed by atoms with van der Waals surface area (Å²) >= 11 is 0. The van der Waals surface area contributed by atoms with Crippen LogP contribution in [0.15, 0.2) is 18.2 Å². The first-order chi connectivity index (χ1) is 10.0. The number of morpholine rings is 1. The number of nitrogen functional groups attached to an aromatic ring is 1. The molecule has 1 aromatic rings. The molecule has 0 saturated carbocycles. The number of amides is 1. The van der Waals surface area contributed by atoms with Gasteiger partial charge in [-0.25, -0.2) is 0 Å². The number of esters is 1. The number of rotatable bonds is 3. The van der Waals surface area contributed by atoms with Gasteiger partial charge in [-0.2, -0.15) is 0 Å². The predicted octanol–water partition coefficient (Wildman–Crippen LogP) is 0.981. The van der Waals surface area contributed by atoms with Gasteiger partial charge in [-0.3, -0.25) is 9.59 Å². The Balaban J connectivity index is 2.04. The second-order valence-corrected chi connectivity index (χ2v) is 5.10. The molecular formula is C15H20N2O4. The molecular weight excluding hydrogens is 272 g/mol. The number of aryl methyl sites for hydroxylation is 1. The Morgan fingerprint density at radius 2 is 2.24 bits per heavy atom. The summed E-state index contributed by atoms with van der Waals surface area (Å²) in [5.41, 5.74) is 7.90. The highest BCUT2D eigenvalue weighted by Gasteiger charge is 2.27. The lowest BCUT2D eigenvalue weighted by Crippen LogP contribution is -2.46. The molecule has 0 radical (unpaired) electrons. The summed E-state index contributed by atoms with van der Waals surface area (Å²) in [6.45, 7) is 3.18. The molecule has 1 aliphatic rings. The molecule has 0 aromatic heterocycles. The maximum Gasteiger partial charge on any atom is 0.308 e. The fourth-order valence-electron chi connectivity index (χ4n) is 2.29. The van der Waals surface area contributed by atoms with E-state index in [4.69, 9.17) is 10.5 Å². The molecule has 1 fully saturated rings. The fourth-order valence-corrected chi connectivity index (χ4v) is 2.29. The number of hydrogen-bond acceptors (Lipinski definition) is 5. The number of ether oxygens (including phenoxy) is 2. The van der Waals surface area contributed by atoms with Crippen LogP contribution in [-0.2, 0) is 14.3 Å². The Bertz CT molecular complexity index is 544. The van der Waals surface area contributed by atoms with Crippen LogP contribution in [-0.4, -0.2) is 49.7 Å². The van der Waals surface area contributed by atoms with Crippen LogP contribution in [0.4, 0.5) is 5.69 Å². The molecule has 1 amide bonds. The number of carbonyl (C=O) groups is 2. The van der Waals surface area contributed by atoms with Crippen molar-refractivity contribution in [3.8, 4) is 0 Å². The van der Waals surface area contributed by atoms with Gasteiger partial charge in [0.15, 0.2) is 0 Å². The first-order valence-electron chi connectivity index (χ1n) is 6.85. The Hall–Kier alpha value is -2.08. The summed E-state index contributed by atoms with van der Waals surface area (Å²) in [5.74, 6) is -0.408. The van der Waals surface area contributed by atoms with Gasteiger partial charge < -0.3 is 20.1 Å². The van der Waals surface area contributed by atoms with Crippen molar-refractivity contribution in [2.24, 2.45) is 0 Å². The minimum Gasteiger partial charge on any atom is -0.469 e. The van der Waals surface area contributed by atoms with Gasteiger partial charge in [0.1, 0.15) is 0 Å². The smallest absolute Gasteiger partial charge is 0.308 e. The van der Waals surface area contributed by atoms with Crippen LogP contribution in [0.2, 0.25) is 0 Å². The highest BCUT2D eigenvalue weighted by molar-refractivity contribution is 5.95. The van der Waals surface area contributed by atoms with Crippen molar-refractivity contribution in [3.63, 3.8) is 0 Å². The Morgan fingerprint density at radius 1 is 1.48 bits per heavy atom. The molecule has 1 heterocycles. The van der Waals surface area contributed by atoms with Gasteiger partial charge in [-0.05, 0) is 30.7 Å². The molecule has 1 saturated heterocycles. The van der Waals surface area contributed by atoms with E-state index in [-0.39, 0.29) is 24.4 Å². The van der Waals surface area contributed by atoms with Crippen LogP contribution < -0.4 is 5.73 Å². The summed E-state index contributed by atoms with van der Waals surface area (Å²) in [5, 5.41) is 0. The number of anilines is 1. The average molecular weight is 292 g/mol. The van der Waals surface area contributed by atoms with Crippen LogP contribution in [0.1, 0.15) is 22.3 Å². The van der Waals surface area contributed by atoms with Crippen molar-refractivity contribution in [1.29, 1.82) is 0 Å². The standard InChI is InChI=1S/C15H20N2O4/c1-10-7-11(3-4-13(10)16)15(19)17-5-6-21-12(9-17)8-14(18)20-2/h3-4,7,12H,5-6,8-9,16H2,1-2H3. The quantitative estimate of drug-likeness (QED) is 0.663.